The van der Waals surface area contributed by atoms with Crippen molar-refractivity contribution in [3.63, 3.8) is 0 Å². The Hall–Kier alpha value is -4.09. The fourth-order valence-electron chi connectivity index (χ4n) is 5.58. The van der Waals surface area contributed by atoms with Crippen LogP contribution in [0.2, 0.25) is 0 Å². The zero-order valence-electron chi connectivity index (χ0n) is 24.1. The number of carbonyl (C=O) groups is 2. The zero-order valence-corrected chi connectivity index (χ0v) is 25.7. The van der Waals surface area contributed by atoms with Crippen LogP contribution in [0.3, 0.4) is 0 Å². The van der Waals surface area contributed by atoms with Gasteiger partial charge in [0, 0.05) is 30.1 Å². The van der Waals surface area contributed by atoms with Crippen molar-refractivity contribution < 1.29 is 22.4 Å². The van der Waals surface area contributed by atoms with Crippen LogP contribution in [0.25, 0.3) is 10.4 Å². The van der Waals surface area contributed by atoms with E-state index in [0.717, 1.165) is 16.0 Å². The third-order valence-electron chi connectivity index (χ3n) is 8.10. The molecule has 4 heterocycles. The normalized spacial score (nSPS) is 17.0. The van der Waals surface area contributed by atoms with E-state index in [4.69, 9.17) is 0 Å². The number of halogens is 1. The third kappa shape index (κ3) is 5.31. The van der Waals surface area contributed by atoms with Gasteiger partial charge in [0.2, 0.25) is 0 Å². The zero-order chi connectivity index (χ0) is 30.5. The van der Waals surface area contributed by atoms with Crippen molar-refractivity contribution in [2.24, 2.45) is 0 Å². The van der Waals surface area contributed by atoms with Gasteiger partial charge in [0.1, 0.15) is 17.3 Å². The summed E-state index contributed by atoms with van der Waals surface area (Å²) in [6.07, 6.45) is 0.510. The summed E-state index contributed by atoms with van der Waals surface area (Å²) in [4.78, 5) is 36.8. The molecule has 11 heteroatoms. The van der Waals surface area contributed by atoms with Gasteiger partial charge in [-0.2, -0.15) is 0 Å². The molecule has 1 N–H and O–H groups in total. The molecule has 2 amide bonds. The van der Waals surface area contributed by atoms with Gasteiger partial charge in [-0.1, -0.05) is 36.4 Å². The summed E-state index contributed by atoms with van der Waals surface area (Å²) in [5.74, 6) is -0.538. The molecule has 1 fully saturated rings. The number of benzene rings is 2. The van der Waals surface area contributed by atoms with E-state index >= 15 is 0 Å². The van der Waals surface area contributed by atoms with E-state index in [1.807, 2.05) is 35.2 Å². The Morgan fingerprint density at radius 1 is 1.02 bits per heavy atom. The smallest absolute Gasteiger partial charge is 0.276 e. The Morgan fingerprint density at radius 2 is 1.79 bits per heavy atom. The van der Waals surface area contributed by atoms with Crippen LogP contribution in [-0.2, 0) is 16.3 Å². The van der Waals surface area contributed by atoms with Gasteiger partial charge in [-0.15, -0.1) is 11.3 Å². The molecule has 4 aromatic rings. The molecule has 0 unspecified atom stereocenters. The molecular weight excluding hydrogens is 588 g/mol. The number of carbonyl (C=O) groups excluding carboxylic acids is 2. The van der Waals surface area contributed by atoms with E-state index in [1.54, 1.807) is 56.0 Å². The molecule has 2 aliphatic heterocycles. The number of anilines is 3. The molecule has 2 aromatic carbocycles. The number of aromatic nitrogens is 1. The topological polar surface area (TPSA) is 99.7 Å². The number of hydrogen-bond donors (Lipinski definition) is 1. The molecule has 0 bridgehead atoms. The summed E-state index contributed by atoms with van der Waals surface area (Å²) in [6, 6.07) is 19.3. The maximum Gasteiger partial charge on any atom is 0.276 e. The van der Waals surface area contributed by atoms with E-state index < -0.39 is 20.4 Å². The SMILES string of the molecule is Cc1cccc(F)c1NC(=O)c1cc2c(s1)-c1ccccc1N(C(=O)c1cccc(N3CCS(=O)(=O)C(C)(C)C3)n1)CC2. The quantitative estimate of drug-likeness (QED) is 0.314. The Kier molecular flexibility index (Phi) is 7.34. The van der Waals surface area contributed by atoms with E-state index in [0.29, 0.717) is 48.0 Å². The Balaban J connectivity index is 1.28. The lowest BCUT2D eigenvalue weighted by Gasteiger charge is -2.38. The van der Waals surface area contributed by atoms with E-state index in [2.05, 4.69) is 10.3 Å². The highest BCUT2D eigenvalue weighted by molar-refractivity contribution is 7.92. The largest absolute Gasteiger partial charge is 0.354 e. The van der Waals surface area contributed by atoms with Gasteiger partial charge in [0.15, 0.2) is 9.84 Å². The summed E-state index contributed by atoms with van der Waals surface area (Å²) < 4.78 is 38.5. The predicted octanol–water partition coefficient (Wildman–Crippen LogP) is 5.73. The average Bonchev–Trinajstić information content (AvgIpc) is 3.34. The van der Waals surface area contributed by atoms with Gasteiger partial charge in [-0.3, -0.25) is 9.59 Å². The van der Waals surface area contributed by atoms with Crippen molar-refractivity contribution in [1.82, 2.24) is 4.98 Å². The third-order valence-corrected chi connectivity index (χ3v) is 11.8. The van der Waals surface area contributed by atoms with Gasteiger partial charge >= 0.3 is 0 Å². The number of sulfone groups is 1. The number of amides is 2. The standard InChI is InChI=1S/C32H31FN4O4S2/c1-20-8-6-10-23(33)28(20)35-30(38)26-18-21-14-15-37(25-12-5-4-9-22(25)29(21)42-26)31(39)24-11-7-13-27(34-24)36-16-17-43(40,41)32(2,3)19-36/h4-13,18H,14-17,19H2,1-3H3,(H,35,38). The first-order valence-corrected chi connectivity index (χ1v) is 16.5. The minimum absolute atomic E-state index is 0.0294. The lowest BCUT2D eigenvalue weighted by atomic mass is 10.1. The lowest BCUT2D eigenvalue weighted by molar-refractivity contribution is 0.0981. The molecular formula is C32H31FN4O4S2. The van der Waals surface area contributed by atoms with Crippen LogP contribution in [-0.4, -0.2) is 55.4 Å². The molecule has 0 spiro atoms. The van der Waals surface area contributed by atoms with Crippen molar-refractivity contribution >= 4 is 50.2 Å². The molecule has 0 aliphatic carbocycles. The highest BCUT2D eigenvalue weighted by atomic mass is 32.2. The van der Waals surface area contributed by atoms with E-state index in [-0.39, 0.29) is 28.9 Å². The molecule has 0 radical (unpaired) electrons. The average molecular weight is 619 g/mol. The van der Waals surface area contributed by atoms with Crippen molar-refractivity contribution in [3.05, 3.63) is 94.2 Å². The van der Waals surface area contributed by atoms with Crippen molar-refractivity contribution in [1.29, 1.82) is 0 Å². The number of nitrogens with zero attached hydrogens (tertiary/aromatic N) is 3. The first kappa shape index (κ1) is 29.0. The van der Waals surface area contributed by atoms with E-state index in [9.17, 15) is 22.4 Å². The minimum Gasteiger partial charge on any atom is -0.354 e. The first-order valence-electron chi connectivity index (χ1n) is 14.0. The van der Waals surface area contributed by atoms with Crippen LogP contribution in [0.4, 0.5) is 21.6 Å². The summed E-state index contributed by atoms with van der Waals surface area (Å²) in [6.45, 7) is 6.15. The minimum atomic E-state index is -3.22. The second kappa shape index (κ2) is 10.9. The van der Waals surface area contributed by atoms with Gasteiger partial charge in [-0.05, 0) is 68.7 Å². The van der Waals surface area contributed by atoms with Crippen LogP contribution in [0, 0.1) is 12.7 Å². The number of pyridine rings is 1. The molecule has 0 saturated carbocycles. The molecule has 43 heavy (non-hydrogen) atoms. The fourth-order valence-corrected chi connectivity index (χ4v) is 8.09. The maximum atomic E-state index is 14.4. The van der Waals surface area contributed by atoms with Crippen LogP contribution < -0.4 is 15.1 Å². The summed E-state index contributed by atoms with van der Waals surface area (Å²) in [5, 5.41) is 2.72. The van der Waals surface area contributed by atoms with Gasteiger partial charge in [-0.25, -0.2) is 17.8 Å². The maximum absolute atomic E-state index is 14.4. The molecule has 2 aromatic heterocycles. The summed E-state index contributed by atoms with van der Waals surface area (Å²) in [7, 11) is -3.22. The number of para-hydroxylation sites is 2. The molecule has 6 rings (SSSR count). The molecule has 2 aliphatic rings. The number of aryl methyl sites for hydroxylation is 1. The lowest BCUT2D eigenvalue weighted by Crippen LogP contribution is -2.53. The van der Waals surface area contributed by atoms with Crippen LogP contribution in [0.1, 0.15) is 45.1 Å². The van der Waals surface area contributed by atoms with Crippen molar-refractivity contribution in [2.45, 2.75) is 31.9 Å². The number of nitrogens with one attached hydrogen (secondary N) is 1. The Bertz CT molecular complexity index is 1850. The number of hydrogen-bond acceptors (Lipinski definition) is 7. The van der Waals surface area contributed by atoms with Crippen molar-refractivity contribution in [2.75, 3.05) is 40.5 Å². The fraction of sp³-hybridized carbons (Fsp3) is 0.281. The first-order chi connectivity index (χ1) is 20.4. The second-order valence-electron chi connectivity index (χ2n) is 11.5. The van der Waals surface area contributed by atoms with Gasteiger partial charge < -0.3 is 15.1 Å². The molecule has 8 nitrogen and oxygen atoms in total. The number of rotatable bonds is 4. The van der Waals surface area contributed by atoms with E-state index in [1.165, 1.54) is 17.4 Å². The highest BCUT2D eigenvalue weighted by Crippen LogP contribution is 2.42. The monoisotopic (exact) mass is 618 g/mol. The summed E-state index contributed by atoms with van der Waals surface area (Å²) in [5.41, 5.74) is 3.54. The Labute approximate surface area is 254 Å². The van der Waals surface area contributed by atoms with Gasteiger partial charge in [0.05, 0.1) is 26.8 Å². The van der Waals surface area contributed by atoms with Crippen LogP contribution in [0.5, 0.6) is 0 Å². The Morgan fingerprint density at radius 3 is 2.56 bits per heavy atom. The van der Waals surface area contributed by atoms with Crippen molar-refractivity contribution in [3.8, 4) is 10.4 Å². The van der Waals surface area contributed by atoms with Crippen LogP contribution >= 0.6 is 11.3 Å². The number of thiophene rings is 1. The number of fused-ring (bicyclic) bond motifs is 3. The predicted molar refractivity (Wildman–Crippen MR) is 169 cm³/mol. The molecule has 0 atom stereocenters. The van der Waals surface area contributed by atoms with Crippen LogP contribution in [0.15, 0.2) is 66.7 Å². The van der Waals surface area contributed by atoms with Gasteiger partial charge in [0.25, 0.3) is 11.8 Å². The second-order valence-corrected chi connectivity index (χ2v) is 15.3. The summed E-state index contributed by atoms with van der Waals surface area (Å²) >= 11 is 1.32. The molecule has 1 saturated heterocycles. The molecule has 222 valence electrons. The highest BCUT2D eigenvalue weighted by Gasteiger charge is 2.40.